The molecule has 168 valence electrons. The van der Waals surface area contributed by atoms with Gasteiger partial charge in [-0.05, 0) is 55.8 Å². The molecule has 7 heteroatoms. The molecule has 0 bridgehead atoms. The zero-order valence-electron chi connectivity index (χ0n) is 18.7. The van der Waals surface area contributed by atoms with E-state index >= 15 is 0 Å². The molecule has 0 saturated carbocycles. The average molecular weight is 460 g/mol. The fraction of sp³-hybridized carbons (Fsp3) is 0.192. The lowest BCUT2D eigenvalue weighted by Gasteiger charge is -2.16. The Balaban J connectivity index is 1.59. The molecule has 0 saturated heterocycles. The lowest BCUT2D eigenvalue weighted by Crippen LogP contribution is -2.31. The predicted octanol–water partition coefficient (Wildman–Crippen LogP) is 4.50. The summed E-state index contributed by atoms with van der Waals surface area (Å²) in [5, 5.41) is 3.53. The molecule has 3 aromatic carbocycles. The molecule has 1 unspecified atom stereocenters. The van der Waals surface area contributed by atoms with Crippen LogP contribution in [0.4, 0.5) is 0 Å². The van der Waals surface area contributed by atoms with Crippen LogP contribution in [0.2, 0.25) is 0 Å². The van der Waals surface area contributed by atoms with E-state index in [2.05, 4.69) is 5.32 Å². The third kappa shape index (κ3) is 5.09. The summed E-state index contributed by atoms with van der Waals surface area (Å²) in [5.74, 6) is 0.638. The zero-order valence-corrected chi connectivity index (χ0v) is 19.6. The molecule has 0 aliphatic carbocycles. The van der Waals surface area contributed by atoms with Gasteiger partial charge in [-0.1, -0.05) is 53.7 Å². The van der Waals surface area contributed by atoms with Crippen molar-refractivity contribution in [3.63, 3.8) is 0 Å². The highest BCUT2D eigenvalue weighted by Crippen LogP contribution is 2.25. The summed E-state index contributed by atoms with van der Waals surface area (Å²) < 4.78 is 6.75. The number of thioether (sulfide) groups is 1. The van der Waals surface area contributed by atoms with Crippen molar-refractivity contribution in [1.29, 1.82) is 0 Å². The van der Waals surface area contributed by atoms with E-state index in [9.17, 15) is 9.59 Å². The standard InChI is InChI=1S/C26H25N3O3S/c1-17-8-12-20(13-9-17)29-25(31)22-6-4-5-7-23(22)28-26(29)33-18(2)24(30)27-16-19-10-14-21(32-3)15-11-19/h4-15,18H,16H2,1-3H3,(H,27,30). The normalized spacial score (nSPS) is 11.8. The largest absolute Gasteiger partial charge is 0.497 e. The Hall–Kier alpha value is -3.58. The van der Waals surface area contributed by atoms with Gasteiger partial charge in [-0.15, -0.1) is 0 Å². The summed E-state index contributed by atoms with van der Waals surface area (Å²) in [6, 6.07) is 22.5. The Morgan fingerprint density at radius 2 is 1.76 bits per heavy atom. The lowest BCUT2D eigenvalue weighted by atomic mass is 10.2. The van der Waals surface area contributed by atoms with Crippen LogP contribution in [0.5, 0.6) is 5.75 Å². The second-order valence-corrected chi connectivity index (χ2v) is 9.02. The smallest absolute Gasteiger partial charge is 0.266 e. The van der Waals surface area contributed by atoms with Crippen LogP contribution in [0.1, 0.15) is 18.1 Å². The minimum Gasteiger partial charge on any atom is -0.497 e. The SMILES string of the molecule is COc1ccc(CNC(=O)C(C)Sc2nc3ccccc3c(=O)n2-c2ccc(C)cc2)cc1. The van der Waals surface area contributed by atoms with Crippen molar-refractivity contribution in [1.82, 2.24) is 14.9 Å². The van der Waals surface area contributed by atoms with Crippen LogP contribution in [0, 0.1) is 6.92 Å². The van der Waals surface area contributed by atoms with Crippen LogP contribution in [-0.4, -0.2) is 27.8 Å². The molecule has 0 radical (unpaired) electrons. The first-order valence-corrected chi connectivity index (χ1v) is 11.5. The monoisotopic (exact) mass is 459 g/mol. The van der Waals surface area contributed by atoms with Gasteiger partial charge >= 0.3 is 0 Å². The first-order chi connectivity index (χ1) is 16.0. The van der Waals surface area contributed by atoms with Crippen molar-refractivity contribution in [2.45, 2.75) is 30.8 Å². The lowest BCUT2D eigenvalue weighted by molar-refractivity contribution is -0.120. The fourth-order valence-electron chi connectivity index (χ4n) is 3.40. The van der Waals surface area contributed by atoms with Crippen molar-refractivity contribution in [2.24, 2.45) is 0 Å². The Bertz CT molecular complexity index is 1330. The second-order valence-electron chi connectivity index (χ2n) is 7.71. The number of hydrogen-bond donors (Lipinski definition) is 1. The van der Waals surface area contributed by atoms with E-state index in [1.165, 1.54) is 11.8 Å². The molecule has 0 aliphatic rings. The van der Waals surface area contributed by atoms with Crippen LogP contribution in [0.25, 0.3) is 16.6 Å². The number of ether oxygens (including phenoxy) is 1. The van der Waals surface area contributed by atoms with Gasteiger partial charge in [-0.2, -0.15) is 0 Å². The van der Waals surface area contributed by atoms with Gasteiger partial charge in [0.05, 0.1) is 29.0 Å². The minimum atomic E-state index is -0.451. The average Bonchev–Trinajstić information content (AvgIpc) is 2.84. The summed E-state index contributed by atoms with van der Waals surface area (Å²) in [7, 11) is 1.62. The van der Waals surface area contributed by atoms with Crippen molar-refractivity contribution in [2.75, 3.05) is 7.11 Å². The molecule has 1 heterocycles. The van der Waals surface area contributed by atoms with E-state index in [4.69, 9.17) is 9.72 Å². The van der Waals surface area contributed by atoms with Gasteiger partial charge in [0.2, 0.25) is 5.91 Å². The summed E-state index contributed by atoms with van der Waals surface area (Å²) in [4.78, 5) is 30.9. The molecule has 0 aliphatic heterocycles. The Morgan fingerprint density at radius 3 is 2.45 bits per heavy atom. The summed E-state index contributed by atoms with van der Waals surface area (Å²) in [5.41, 5.74) is 3.25. The van der Waals surface area contributed by atoms with Crippen LogP contribution < -0.4 is 15.6 Å². The first kappa shape index (κ1) is 22.6. The summed E-state index contributed by atoms with van der Waals surface area (Å²) in [6.07, 6.45) is 0. The number of aromatic nitrogens is 2. The number of fused-ring (bicyclic) bond motifs is 1. The Labute approximate surface area is 196 Å². The maximum Gasteiger partial charge on any atom is 0.266 e. The van der Waals surface area contributed by atoms with E-state index < -0.39 is 5.25 Å². The van der Waals surface area contributed by atoms with Gasteiger partial charge in [0.25, 0.3) is 5.56 Å². The number of methoxy groups -OCH3 is 1. The molecular formula is C26H25N3O3S. The van der Waals surface area contributed by atoms with Crippen LogP contribution in [-0.2, 0) is 11.3 Å². The van der Waals surface area contributed by atoms with Crippen molar-refractivity contribution in [3.05, 3.63) is 94.3 Å². The molecule has 4 rings (SSSR count). The summed E-state index contributed by atoms with van der Waals surface area (Å²) in [6.45, 7) is 4.22. The first-order valence-electron chi connectivity index (χ1n) is 10.6. The van der Waals surface area contributed by atoms with Gasteiger partial charge in [0.15, 0.2) is 5.16 Å². The van der Waals surface area contributed by atoms with Crippen LogP contribution in [0.15, 0.2) is 82.7 Å². The molecule has 1 atom stereocenters. The highest BCUT2D eigenvalue weighted by Gasteiger charge is 2.20. The molecule has 0 fully saturated rings. The van der Waals surface area contributed by atoms with E-state index in [0.29, 0.717) is 22.6 Å². The van der Waals surface area contributed by atoms with Crippen molar-refractivity contribution in [3.8, 4) is 11.4 Å². The van der Waals surface area contributed by atoms with Crippen LogP contribution >= 0.6 is 11.8 Å². The number of para-hydroxylation sites is 1. The number of aryl methyl sites for hydroxylation is 1. The van der Waals surface area contributed by atoms with Gasteiger partial charge in [0.1, 0.15) is 5.75 Å². The maximum absolute atomic E-state index is 13.3. The van der Waals surface area contributed by atoms with Crippen LogP contribution in [0.3, 0.4) is 0 Å². The quantitative estimate of drug-likeness (QED) is 0.325. The number of rotatable bonds is 7. The molecule has 1 N–H and O–H groups in total. The number of amides is 1. The summed E-state index contributed by atoms with van der Waals surface area (Å²) >= 11 is 1.27. The molecule has 6 nitrogen and oxygen atoms in total. The highest BCUT2D eigenvalue weighted by molar-refractivity contribution is 8.00. The highest BCUT2D eigenvalue weighted by atomic mass is 32.2. The van der Waals surface area contributed by atoms with E-state index in [1.807, 2.05) is 80.6 Å². The molecule has 1 amide bonds. The molecule has 4 aromatic rings. The molecule has 33 heavy (non-hydrogen) atoms. The predicted molar refractivity (Wildman–Crippen MR) is 132 cm³/mol. The number of hydrogen-bond acceptors (Lipinski definition) is 5. The third-order valence-corrected chi connectivity index (χ3v) is 6.37. The third-order valence-electron chi connectivity index (χ3n) is 5.31. The maximum atomic E-state index is 13.3. The van der Waals surface area contributed by atoms with Crippen molar-refractivity contribution < 1.29 is 9.53 Å². The Morgan fingerprint density at radius 1 is 1.06 bits per heavy atom. The van der Waals surface area contributed by atoms with Gasteiger partial charge in [-0.3, -0.25) is 14.2 Å². The fourth-order valence-corrected chi connectivity index (χ4v) is 4.35. The molecule has 0 spiro atoms. The van der Waals surface area contributed by atoms with E-state index in [-0.39, 0.29) is 11.5 Å². The number of benzene rings is 3. The molecular weight excluding hydrogens is 434 g/mol. The van der Waals surface area contributed by atoms with Gasteiger partial charge in [0, 0.05) is 6.54 Å². The second kappa shape index (κ2) is 9.92. The topological polar surface area (TPSA) is 73.2 Å². The van der Waals surface area contributed by atoms with E-state index in [0.717, 1.165) is 22.6 Å². The zero-order chi connectivity index (χ0) is 23.4. The Kier molecular flexibility index (Phi) is 6.79. The van der Waals surface area contributed by atoms with Gasteiger partial charge < -0.3 is 10.1 Å². The van der Waals surface area contributed by atoms with Crippen molar-refractivity contribution >= 4 is 28.6 Å². The number of nitrogens with zero attached hydrogens (tertiary/aromatic N) is 2. The number of carbonyl (C=O) groups is 1. The number of nitrogens with one attached hydrogen (secondary N) is 1. The number of carbonyl (C=O) groups excluding carboxylic acids is 1. The van der Waals surface area contributed by atoms with Gasteiger partial charge in [-0.25, -0.2) is 4.98 Å². The minimum absolute atomic E-state index is 0.131. The van der Waals surface area contributed by atoms with E-state index in [1.54, 1.807) is 17.7 Å². The molecule has 1 aromatic heterocycles.